The zero-order valence-corrected chi connectivity index (χ0v) is 20.5. The highest BCUT2D eigenvalue weighted by Gasteiger charge is 2.18. The second kappa shape index (κ2) is 9.74. The Labute approximate surface area is 211 Å². The van der Waals surface area contributed by atoms with Gasteiger partial charge in [-0.2, -0.15) is 0 Å². The van der Waals surface area contributed by atoms with Gasteiger partial charge in [0.05, 0.1) is 36.7 Å². The molecule has 0 saturated carbocycles. The first kappa shape index (κ1) is 22.8. The van der Waals surface area contributed by atoms with Crippen LogP contribution >= 0.6 is 22.9 Å². The van der Waals surface area contributed by atoms with Crippen LogP contribution in [0.1, 0.15) is 10.4 Å². The molecule has 0 bridgehead atoms. The van der Waals surface area contributed by atoms with Crippen molar-refractivity contribution in [2.24, 2.45) is 0 Å². The number of carbonyl (C=O) groups is 1. The molecule has 0 fully saturated rings. The second-order valence-electron chi connectivity index (χ2n) is 7.64. The maximum Gasteiger partial charge on any atom is 0.258 e. The topological polar surface area (TPSA) is 73.3 Å². The van der Waals surface area contributed by atoms with Crippen molar-refractivity contribution in [3.05, 3.63) is 88.8 Å². The minimum Gasteiger partial charge on any atom is -0.497 e. The van der Waals surface area contributed by atoms with Gasteiger partial charge in [-0.15, -0.1) is 11.3 Å². The number of rotatable bonds is 6. The van der Waals surface area contributed by atoms with E-state index in [2.05, 4.69) is 10.3 Å². The van der Waals surface area contributed by atoms with Gasteiger partial charge in [-0.1, -0.05) is 41.9 Å². The molecule has 174 valence electrons. The third-order valence-corrected chi connectivity index (χ3v) is 6.52. The molecule has 35 heavy (non-hydrogen) atoms. The number of thiazole rings is 1. The number of fused-ring (bicyclic) bond motifs is 1. The van der Waals surface area contributed by atoms with Gasteiger partial charge in [-0.05, 0) is 36.4 Å². The summed E-state index contributed by atoms with van der Waals surface area (Å²) in [5.74, 6) is 1.00. The molecule has 1 N–H and O–H groups in total. The standard InChI is InChI=1S/C27H20ClN3O3S/c1-33-18-11-12-20(25(13-18)34-2)23-14-21(19-5-3-4-6-22(19)29-23)26(32)31-27-30-24(15-35-27)16-7-9-17(28)10-8-16/h3-15H,1-2H3,(H,30,31,32). The molecule has 0 saturated heterocycles. The third kappa shape index (κ3) is 4.69. The van der Waals surface area contributed by atoms with E-state index in [1.54, 1.807) is 26.4 Å². The molecule has 3 aromatic carbocycles. The minimum absolute atomic E-state index is 0.269. The molecule has 0 aliphatic heterocycles. The Morgan fingerprint density at radius 3 is 2.49 bits per heavy atom. The Hall–Kier alpha value is -3.94. The Morgan fingerprint density at radius 2 is 1.71 bits per heavy atom. The van der Waals surface area contributed by atoms with Gasteiger partial charge < -0.3 is 9.47 Å². The Bertz CT molecular complexity index is 1530. The Kier molecular flexibility index (Phi) is 6.35. The first-order valence-electron chi connectivity index (χ1n) is 10.7. The number of anilines is 1. The summed E-state index contributed by atoms with van der Waals surface area (Å²) in [6, 6.07) is 22.2. The molecule has 0 aliphatic carbocycles. The van der Waals surface area contributed by atoms with Gasteiger partial charge in [0, 0.05) is 33.0 Å². The van der Waals surface area contributed by atoms with Crippen molar-refractivity contribution in [3.8, 4) is 34.0 Å². The molecular weight excluding hydrogens is 482 g/mol. The predicted octanol–water partition coefficient (Wildman–Crippen LogP) is 6.95. The SMILES string of the molecule is COc1ccc(-c2cc(C(=O)Nc3nc(-c4ccc(Cl)cc4)cs3)c3ccccc3n2)c(OC)c1. The molecule has 5 rings (SSSR count). The normalized spacial score (nSPS) is 10.8. The van der Waals surface area contributed by atoms with Gasteiger partial charge in [-0.25, -0.2) is 9.97 Å². The van der Waals surface area contributed by atoms with Gasteiger partial charge in [0.2, 0.25) is 0 Å². The molecule has 0 spiro atoms. The first-order chi connectivity index (χ1) is 17.1. The lowest BCUT2D eigenvalue weighted by Gasteiger charge is -2.13. The van der Waals surface area contributed by atoms with E-state index in [1.807, 2.05) is 66.0 Å². The number of nitrogens with one attached hydrogen (secondary N) is 1. The first-order valence-corrected chi connectivity index (χ1v) is 12.0. The molecule has 2 heterocycles. The summed E-state index contributed by atoms with van der Waals surface area (Å²) >= 11 is 7.35. The monoisotopic (exact) mass is 501 g/mol. The van der Waals surface area contributed by atoms with Crippen LogP contribution < -0.4 is 14.8 Å². The summed E-state index contributed by atoms with van der Waals surface area (Å²) in [4.78, 5) is 22.8. The molecule has 0 aliphatic rings. The van der Waals surface area contributed by atoms with Gasteiger partial charge in [0.15, 0.2) is 5.13 Å². The number of hydrogen-bond donors (Lipinski definition) is 1. The number of ether oxygens (including phenoxy) is 2. The summed E-state index contributed by atoms with van der Waals surface area (Å²) in [7, 11) is 3.19. The van der Waals surface area contributed by atoms with Crippen LogP contribution in [-0.2, 0) is 0 Å². The van der Waals surface area contributed by atoms with Crippen LogP contribution in [-0.4, -0.2) is 30.1 Å². The van der Waals surface area contributed by atoms with E-state index in [-0.39, 0.29) is 5.91 Å². The van der Waals surface area contributed by atoms with Crippen molar-refractivity contribution in [2.75, 3.05) is 19.5 Å². The number of halogens is 1. The van der Waals surface area contributed by atoms with Crippen LogP contribution in [0.15, 0.2) is 78.2 Å². The number of pyridine rings is 1. The number of methoxy groups -OCH3 is 2. The maximum atomic E-state index is 13.4. The molecule has 2 aromatic heterocycles. The van der Waals surface area contributed by atoms with E-state index in [9.17, 15) is 4.79 Å². The molecule has 0 atom stereocenters. The van der Waals surface area contributed by atoms with Crippen LogP contribution in [0.2, 0.25) is 5.02 Å². The smallest absolute Gasteiger partial charge is 0.258 e. The number of para-hydroxylation sites is 1. The van der Waals surface area contributed by atoms with Gasteiger partial charge in [-0.3, -0.25) is 10.1 Å². The highest BCUT2D eigenvalue weighted by atomic mass is 35.5. The highest BCUT2D eigenvalue weighted by Crippen LogP contribution is 2.35. The Morgan fingerprint density at radius 1 is 0.914 bits per heavy atom. The lowest BCUT2D eigenvalue weighted by atomic mass is 10.0. The van der Waals surface area contributed by atoms with Crippen LogP contribution in [0, 0.1) is 0 Å². The van der Waals surface area contributed by atoms with Crippen LogP contribution in [0.3, 0.4) is 0 Å². The van der Waals surface area contributed by atoms with E-state index >= 15 is 0 Å². The van der Waals surface area contributed by atoms with E-state index in [0.29, 0.717) is 38.4 Å². The largest absolute Gasteiger partial charge is 0.497 e. The molecule has 8 heteroatoms. The van der Waals surface area contributed by atoms with E-state index in [1.165, 1.54) is 11.3 Å². The number of aromatic nitrogens is 2. The van der Waals surface area contributed by atoms with Crippen LogP contribution in [0.4, 0.5) is 5.13 Å². The zero-order chi connectivity index (χ0) is 24.4. The highest BCUT2D eigenvalue weighted by molar-refractivity contribution is 7.14. The molecule has 5 aromatic rings. The van der Waals surface area contributed by atoms with Crippen molar-refractivity contribution < 1.29 is 14.3 Å². The van der Waals surface area contributed by atoms with Crippen LogP contribution in [0.25, 0.3) is 33.4 Å². The number of carbonyl (C=O) groups excluding carboxylic acids is 1. The van der Waals surface area contributed by atoms with Crippen molar-refractivity contribution in [2.45, 2.75) is 0 Å². The summed E-state index contributed by atoms with van der Waals surface area (Å²) in [6.45, 7) is 0. The Balaban J connectivity index is 1.52. The zero-order valence-electron chi connectivity index (χ0n) is 18.9. The molecule has 0 unspecified atom stereocenters. The fraction of sp³-hybridized carbons (Fsp3) is 0.0741. The minimum atomic E-state index is -0.269. The van der Waals surface area contributed by atoms with Gasteiger partial charge in [0.1, 0.15) is 11.5 Å². The van der Waals surface area contributed by atoms with Crippen molar-refractivity contribution in [1.29, 1.82) is 0 Å². The molecule has 0 radical (unpaired) electrons. The second-order valence-corrected chi connectivity index (χ2v) is 8.93. The van der Waals surface area contributed by atoms with Gasteiger partial charge in [0.25, 0.3) is 5.91 Å². The summed E-state index contributed by atoms with van der Waals surface area (Å²) in [5, 5.41) is 6.75. The molecule has 6 nitrogen and oxygen atoms in total. The average Bonchev–Trinajstić information content (AvgIpc) is 3.36. The number of nitrogens with zero attached hydrogens (tertiary/aromatic N) is 2. The third-order valence-electron chi connectivity index (χ3n) is 5.51. The summed E-state index contributed by atoms with van der Waals surface area (Å²) in [6.07, 6.45) is 0. The van der Waals surface area contributed by atoms with E-state index in [4.69, 9.17) is 26.1 Å². The summed E-state index contributed by atoms with van der Waals surface area (Å²) in [5.41, 5.74) is 4.27. The van der Waals surface area contributed by atoms with Crippen LogP contribution in [0.5, 0.6) is 11.5 Å². The number of hydrogen-bond acceptors (Lipinski definition) is 6. The quantitative estimate of drug-likeness (QED) is 0.272. The van der Waals surface area contributed by atoms with Crippen molar-refractivity contribution in [3.63, 3.8) is 0 Å². The summed E-state index contributed by atoms with van der Waals surface area (Å²) < 4.78 is 10.9. The number of benzene rings is 3. The molecular formula is C27H20ClN3O3S. The molecule has 1 amide bonds. The lowest BCUT2D eigenvalue weighted by Crippen LogP contribution is -2.13. The number of amides is 1. The fourth-order valence-electron chi connectivity index (χ4n) is 3.76. The van der Waals surface area contributed by atoms with E-state index in [0.717, 1.165) is 22.2 Å². The maximum absolute atomic E-state index is 13.4. The van der Waals surface area contributed by atoms with Crippen molar-refractivity contribution >= 4 is 44.9 Å². The lowest BCUT2D eigenvalue weighted by molar-refractivity contribution is 0.102. The predicted molar refractivity (Wildman–Crippen MR) is 141 cm³/mol. The average molecular weight is 502 g/mol. The fourth-order valence-corrected chi connectivity index (χ4v) is 4.60. The van der Waals surface area contributed by atoms with Gasteiger partial charge >= 0.3 is 0 Å². The van der Waals surface area contributed by atoms with E-state index < -0.39 is 0 Å². The van der Waals surface area contributed by atoms with Crippen molar-refractivity contribution in [1.82, 2.24) is 9.97 Å².